The van der Waals surface area contributed by atoms with Gasteiger partial charge in [-0.15, -0.1) is 11.6 Å². The van der Waals surface area contributed by atoms with E-state index in [1.54, 1.807) is 12.1 Å². The number of benzene rings is 1. The molecule has 0 heterocycles. The van der Waals surface area contributed by atoms with Crippen LogP contribution in [0.15, 0.2) is 12.1 Å². The Balaban J connectivity index is 2.88. The Kier molecular flexibility index (Phi) is 5.38. The van der Waals surface area contributed by atoms with E-state index in [0.717, 1.165) is 5.56 Å². The van der Waals surface area contributed by atoms with Crippen LogP contribution in [0.1, 0.15) is 5.56 Å². The Morgan fingerprint density at radius 1 is 1.35 bits per heavy atom. The Hall–Kier alpha value is -1.13. The molecule has 6 heteroatoms. The molecule has 0 aromatic heterocycles. The van der Waals surface area contributed by atoms with E-state index < -0.39 is 0 Å². The summed E-state index contributed by atoms with van der Waals surface area (Å²) in [6.07, 6.45) is 0. The van der Waals surface area contributed by atoms with Crippen molar-refractivity contribution in [3.63, 3.8) is 0 Å². The van der Waals surface area contributed by atoms with Gasteiger partial charge in [0, 0.05) is 6.54 Å². The van der Waals surface area contributed by atoms with Gasteiger partial charge in [-0.05, 0) is 17.7 Å². The highest BCUT2D eigenvalue weighted by atomic mass is 35.5. The molecule has 0 spiro atoms. The number of rotatable bonds is 5. The van der Waals surface area contributed by atoms with Gasteiger partial charge in [-0.25, -0.2) is 0 Å². The summed E-state index contributed by atoms with van der Waals surface area (Å²) >= 11 is 11.4. The number of hydrogen-bond donors (Lipinski definition) is 1. The Bertz CT molecular complexity index is 410. The fourth-order valence-electron chi connectivity index (χ4n) is 1.32. The molecular weight excluding hydrogens is 265 g/mol. The molecule has 0 aliphatic heterocycles. The molecule has 17 heavy (non-hydrogen) atoms. The van der Waals surface area contributed by atoms with Gasteiger partial charge in [-0.2, -0.15) is 0 Å². The molecule has 0 aliphatic carbocycles. The molecule has 0 unspecified atom stereocenters. The van der Waals surface area contributed by atoms with Gasteiger partial charge in [0.25, 0.3) is 0 Å². The van der Waals surface area contributed by atoms with Crippen LogP contribution in [0, 0.1) is 0 Å². The molecule has 0 fully saturated rings. The molecule has 0 aliphatic rings. The zero-order chi connectivity index (χ0) is 12.8. The maximum atomic E-state index is 11.0. The second kappa shape index (κ2) is 6.57. The number of ether oxygens (including phenoxy) is 2. The molecule has 1 aromatic rings. The Morgan fingerprint density at radius 3 is 2.59 bits per heavy atom. The van der Waals surface area contributed by atoms with Crippen LogP contribution >= 0.6 is 23.2 Å². The maximum absolute atomic E-state index is 11.0. The summed E-state index contributed by atoms with van der Waals surface area (Å²) in [5.74, 6) is 0.690. The number of carbonyl (C=O) groups excluding carboxylic acids is 1. The number of nitrogens with one attached hydrogen (secondary N) is 1. The molecule has 1 aromatic carbocycles. The van der Waals surface area contributed by atoms with Crippen molar-refractivity contribution in [3.05, 3.63) is 22.7 Å². The van der Waals surface area contributed by atoms with Crippen molar-refractivity contribution < 1.29 is 14.3 Å². The fourth-order valence-corrected chi connectivity index (χ4v) is 1.73. The van der Waals surface area contributed by atoms with E-state index in [2.05, 4.69) is 5.32 Å². The summed E-state index contributed by atoms with van der Waals surface area (Å²) in [5.41, 5.74) is 0.811. The third kappa shape index (κ3) is 3.68. The normalized spacial score (nSPS) is 9.88. The van der Waals surface area contributed by atoms with Gasteiger partial charge in [0.05, 0.1) is 19.2 Å². The summed E-state index contributed by atoms with van der Waals surface area (Å²) in [4.78, 5) is 11.0. The molecule has 0 bridgehead atoms. The summed E-state index contributed by atoms with van der Waals surface area (Å²) in [6, 6.07) is 3.46. The van der Waals surface area contributed by atoms with Crippen LogP contribution in [0.4, 0.5) is 0 Å². The van der Waals surface area contributed by atoms with Gasteiger partial charge in [-0.3, -0.25) is 4.79 Å². The minimum atomic E-state index is -0.238. The van der Waals surface area contributed by atoms with Crippen LogP contribution in [0.3, 0.4) is 0 Å². The van der Waals surface area contributed by atoms with Crippen molar-refractivity contribution in [2.24, 2.45) is 0 Å². The van der Waals surface area contributed by atoms with E-state index in [0.29, 0.717) is 23.1 Å². The van der Waals surface area contributed by atoms with E-state index in [1.165, 1.54) is 14.2 Å². The van der Waals surface area contributed by atoms with Gasteiger partial charge in [-0.1, -0.05) is 11.6 Å². The quantitative estimate of drug-likeness (QED) is 0.840. The average molecular weight is 278 g/mol. The third-order valence-electron chi connectivity index (χ3n) is 2.10. The molecule has 94 valence electrons. The molecule has 0 radical (unpaired) electrons. The molecule has 0 saturated carbocycles. The summed E-state index contributed by atoms with van der Waals surface area (Å²) in [6.45, 7) is 0.339. The first kappa shape index (κ1) is 13.9. The minimum Gasteiger partial charge on any atom is -0.493 e. The van der Waals surface area contributed by atoms with Crippen molar-refractivity contribution in [2.45, 2.75) is 6.54 Å². The van der Waals surface area contributed by atoms with E-state index >= 15 is 0 Å². The molecule has 0 atom stereocenters. The average Bonchev–Trinajstić information content (AvgIpc) is 2.34. The van der Waals surface area contributed by atoms with Crippen LogP contribution in [0.2, 0.25) is 5.02 Å². The van der Waals surface area contributed by atoms with Crippen molar-refractivity contribution in [3.8, 4) is 11.5 Å². The Labute approximate surface area is 110 Å². The zero-order valence-electron chi connectivity index (χ0n) is 9.55. The lowest BCUT2D eigenvalue weighted by Crippen LogP contribution is -2.23. The number of alkyl halides is 1. The van der Waals surface area contributed by atoms with Crippen molar-refractivity contribution >= 4 is 29.1 Å². The van der Waals surface area contributed by atoms with Gasteiger partial charge in [0.2, 0.25) is 5.91 Å². The molecule has 1 amide bonds. The van der Waals surface area contributed by atoms with Crippen molar-refractivity contribution in [2.75, 3.05) is 20.1 Å². The second-order valence-electron chi connectivity index (χ2n) is 3.22. The maximum Gasteiger partial charge on any atom is 0.235 e. The Morgan fingerprint density at radius 2 is 2.06 bits per heavy atom. The monoisotopic (exact) mass is 277 g/mol. The summed E-state index contributed by atoms with van der Waals surface area (Å²) in [7, 11) is 3.04. The number of hydrogen-bond acceptors (Lipinski definition) is 3. The summed E-state index contributed by atoms with van der Waals surface area (Å²) < 4.78 is 10.2. The smallest absolute Gasteiger partial charge is 0.235 e. The van der Waals surface area contributed by atoms with Crippen LogP contribution < -0.4 is 14.8 Å². The van der Waals surface area contributed by atoms with Crippen LogP contribution in [0.25, 0.3) is 0 Å². The van der Waals surface area contributed by atoms with E-state index in [1.807, 2.05) is 0 Å². The lowest BCUT2D eigenvalue weighted by molar-refractivity contribution is -0.118. The first-order valence-electron chi connectivity index (χ1n) is 4.85. The van der Waals surface area contributed by atoms with Crippen molar-refractivity contribution in [1.29, 1.82) is 0 Å². The van der Waals surface area contributed by atoms with Crippen LogP contribution in [-0.4, -0.2) is 26.0 Å². The van der Waals surface area contributed by atoms with Crippen molar-refractivity contribution in [1.82, 2.24) is 5.32 Å². The summed E-state index contributed by atoms with van der Waals surface area (Å²) in [5, 5.41) is 3.07. The standard InChI is InChI=1S/C11H13Cl2NO3/c1-16-9-4-7(6-14-10(15)5-12)3-8(13)11(9)17-2/h3-4H,5-6H2,1-2H3,(H,14,15). The molecule has 1 N–H and O–H groups in total. The SMILES string of the molecule is COc1cc(CNC(=O)CCl)cc(Cl)c1OC. The highest BCUT2D eigenvalue weighted by molar-refractivity contribution is 6.32. The van der Waals surface area contributed by atoms with E-state index in [4.69, 9.17) is 32.7 Å². The zero-order valence-corrected chi connectivity index (χ0v) is 11.1. The predicted octanol–water partition coefficient (Wildman–Crippen LogP) is 2.21. The largest absolute Gasteiger partial charge is 0.493 e. The van der Waals surface area contributed by atoms with Gasteiger partial charge >= 0.3 is 0 Å². The van der Waals surface area contributed by atoms with Crippen LogP contribution in [0.5, 0.6) is 11.5 Å². The second-order valence-corrected chi connectivity index (χ2v) is 3.90. The number of halogens is 2. The number of carbonyl (C=O) groups is 1. The highest BCUT2D eigenvalue weighted by Gasteiger charge is 2.11. The first-order chi connectivity index (χ1) is 8.12. The van der Waals surface area contributed by atoms with Gasteiger partial charge in [0.1, 0.15) is 5.88 Å². The topological polar surface area (TPSA) is 47.6 Å². The molecule has 1 rings (SSSR count). The minimum absolute atomic E-state index is 0.0684. The lowest BCUT2D eigenvalue weighted by atomic mass is 10.2. The third-order valence-corrected chi connectivity index (χ3v) is 2.63. The predicted molar refractivity (Wildman–Crippen MR) is 67.1 cm³/mol. The van der Waals surface area contributed by atoms with E-state index in [9.17, 15) is 4.79 Å². The van der Waals surface area contributed by atoms with Crippen LogP contribution in [-0.2, 0) is 11.3 Å². The number of amides is 1. The molecule has 4 nitrogen and oxygen atoms in total. The van der Waals surface area contributed by atoms with Gasteiger partial charge < -0.3 is 14.8 Å². The lowest BCUT2D eigenvalue weighted by Gasteiger charge is -2.12. The fraction of sp³-hybridized carbons (Fsp3) is 0.364. The van der Waals surface area contributed by atoms with Gasteiger partial charge in [0.15, 0.2) is 11.5 Å². The molecular formula is C11H13Cl2NO3. The highest BCUT2D eigenvalue weighted by Crippen LogP contribution is 2.35. The number of methoxy groups -OCH3 is 2. The molecule has 0 saturated heterocycles. The first-order valence-corrected chi connectivity index (χ1v) is 5.76. The van der Waals surface area contributed by atoms with E-state index in [-0.39, 0.29) is 11.8 Å².